The first-order chi connectivity index (χ1) is 18.4. The van der Waals surface area contributed by atoms with E-state index >= 15 is 0 Å². The number of aromatic nitrogens is 1. The molecule has 0 fully saturated rings. The highest BCUT2D eigenvalue weighted by atomic mass is 32.1. The Morgan fingerprint density at radius 3 is 2.53 bits per heavy atom. The highest BCUT2D eigenvalue weighted by molar-refractivity contribution is 7.07. The summed E-state index contributed by atoms with van der Waals surface area (Å²) in [6.45, 7) is 10.2. The van der Waals surface area contributed by atoms with E-state index in [1.54, 1.807) is 49.8 Å². The topological polar surface area (TPSA) is 88.4 Å². The van der Waals surface area contributed by atoms with Gasteiger partial charge in [0, 0.05) is 0 Å². The first-order valence-corrected chi connectivity index (χ1v) is 13.1. The largest absolute Gasteiger partial charge is 0.494 e. The molecule has 38 heavy (non-hydrogen) atoms. The molecule has 4 rings (SSSR count). The van der Waals surface area contributed by atoms with Gasteiger partial charge in [0.1, 0.15) is 12.4 Å². The molecule has 3 aromatic rings. The van der Waals surface area contributed by atoms with Crippen LogP contribution in [0.25, 0.3) is 6.08 Å². The highest BCUT2D eigenvalue weighted by Gasteiger charge is 2.33. The van der Waals surface area contributed by atoms with Gasteiger partial charge in [0.15, 0.2) is 16.3 Å². The minimum absolute atomic E-state index is 0.213. The van der Waals surface area contributed by atoms with Crippen molar-refractivity contribution >= 4 is 23.4 Å². The van der Waals surface area contributed by atoms with Crippen molar-refractivity contribution in [1.29, 1.82) is 0 Å². The zero-order chi connectivity index (χ0) is 27.2. The first kappa shape index (κ1) is 26.9. The van der Waals surface area contributed by atoms with Crippen molar-refractivity contribution in [2.24, 2.45) is 4.99 Å². The van der Waals surface area contributed by atoms with E-state index in [1.165, 1.54) is 11.3 Å². The molecule has 0 spiro atoms. The van der Waals surface area contributed by atoms with Crippen LogP contribution >= 0.6 is 11.3 Å². The molecule has 2 heterocycles. The molecule has 1 unspecified atom stereocenters. The maximum atomic E-state index is 13.8. The minimum Gasteiger partial charge on any atom is -0.494 e. The maximum Gasteiger partial charge on any atom is 0.338 e. The van der Waals surface area contributed by atoms with E-state index in [0.29, 0.717) is 51.1 Å². The van der Waals surface area contributed by atoms with Crippen molar-refractivity contribution in [1.82, 2.24) is 4.57 Å². The predicted octanol–water partition coefficient (Wildman–Crippen LogP) is 3.77. The third-order valence-corrected chi connectivity index (χ3v) is 6.85. The molecule has 1 atom stereocenters. The van der Waals surface area contributed by atoms with Crippen LogP contribution in [-0.4, -0.2) is 37.5 Å². The molecule has 0 amide bonds. The molecule has 0 saturated carbocycles. The van der Waals surface area contributed by atoms with Gasteiger partial charge in [-0.05, 0) is 62.2 Å². The number of carbonyl (C=O) groups excluding carboxylic acids is 1. The first-order valence-electron chi connectivity index (χ1n) is 12.3. The van der Waals surface area contributed by atoms with Crippen LogP contribution in [0.3, 0.4) is 0 Å². The number of allylic oxidation sites excluding steroid dienone is 1. The number of benzene rings is 2. The molecule has 1 aromatic heterocycles. The molecular formula is C29H30N2O6S. The summed E-state index contributed by atoms with van der Waals surface area (Å²) in [4.78, 5) is 31.9. The van der Waals surface area contributed by atoms with Crippen LogP contribution in [0.1, 0.15) is 37.9 Å². The summed E-state index contributed by atoms with van der Waals surface area (Å²) < 4.78 is 24.1. The van der Waals surface area contributed by atoms with E-state index in [4.69, 9.17) is 18.9 Å². The zero-order valence-electron chi connectivity index (χ0n) is 21.9. The molecule has 2 aromatic carbocycles. The third-order valence-electron chi connectivity index (χ3n) is 5.87. The van der Waals surface area contributed by atoms with Gasteiger partial charge in [-0.25, -0.2) is 9.79 Å². The molecule has 0 aliphatic carbocycles. The molecular weight excluding hydrogens is 504 g/mol. The average molecular weight is 535 g/mol. The summed E-state index contributed by atoms with van der Waals surface area (Å²) in [6, 6.07) is 12.1. The van der Waals surface area contributed by atoms with Crippen LogP contribution in [-0.2, 0) is 9.53 Å². The van der Waals surface area contributed by atoms with Crippen molar-refractivity contribution in [3.63, 3.8) is 0 Å². The Bertz CT molecular complexity index is 1550. The monoisotopic (exact) mass is 534 g/mol. The lowest BCUT2D eigenvalue weighted by atomic mass is 9.96. The molecule has 198 valence electrons. The smallest absolute Gasteiger partial charge is 0.338 e. The number of methoxy groups -OCH3 is 1. The Kier molecular flexibility index (Phi) is 8.48. The summed E-state index contributed by atoms with van der Waals surface area (Å²) in [5.74, 6) is 1.33. The summed E-state index contributed by atoms with van der Waals surface area (Å²) in [5.41, 5.74) is 2.11. The summed E-state index contributed by atoms with van der Waals surface area (Å²) in [6.07, 6.45) is 3.43. The summed E-state index contributed by atoms with van der Waals surface area (Å²) in [7, 11) is 1.56. The zero-order valence-corrected chi connectivity index (χ0v) is 22.7. The predicted molar refractivity (Wildman–Crippen MR) is 147 cm³/mol. The van der Waals surface area contributed by atoms with Gasteiger partial charge in [-0.15, -0.1) is 0 Å². The van der Waals surface area contributed by atoms with Crippen LogP contribution < -0.4 is 29.1 Å². The molecule has 8 nitrogen and oxygen atoms in total. The molecule has 0 radical (unpaired) electrons. The molecule has 1 aliphatic rings. The highest BCUT2D eigenvalue weighted by Crippen LogP contribution is 2.32. The van der Waals surface area contributed by atoms with Crippen LogP contribution in [0, 0.1) is 0 Å². The lowest BCUT2D eigenvalue weighted by Crippen LogP contribution is -2.39. The standard InChI is InChI=1S/C29H30N2O6S/c1-6-15-37-22-14-9-19(16-23(22)34-5)17-24-27(32)31-26(20-10-12-21(13-11-20)35-7-2)25(28(33)36-8-3)18(4)30-29(31)38-24/h6,9-14,16-17,26H,1,7-8,15H2,2-5H3. The Balaban J connectivity index is 1.85. The van der Waals surface area contributed by atoms with Crippen LogP contribution in [0.4, 0.5) is 0 Å². The SMILES string of the molecule is C=CCOc1ccc(C=c2sc3n(c2=O)C(c2ccc(OCC)cc2)C(C(=O)OCC)=C(C)N=3)cc1OC. The van der Waals surface area contributed by atoms with Crippen LogP contribution in [0.15, 0.2) is 76.2 Å². The minimum atomic E-state index is -0.688. The molecule has 0 saturated heterocycles. The third kappa shape index (κ3) is 5.43. The van der Waals surface area contributed by atoms with Gasteiger partial charge in [0.2, 0.25) is 0 Å². The average Bonchev–Trinajstić information content (AvgIpc) is 3.21. The number of esters is 1. The molecule has 0 bridgehead atoms. The summed E-state index contributed by atoms with van der Waals surface area (Å²) in [5, 5.41) is 0. The second-order valence-electron chi connectivity index (χ2n) is 8.31. The van der Waals surface area contributed by atoms with Gasteiger partial charge in [0.05, 0.1) is 42.2 Å². The van der Waals surface area contributed by atoms with Gasteiger partial charge < -0.3 is 18.9 Å². The van der Waals surface area contributed by atoms with Crippen molar-refractivity contribution in [2.45, 2.75) is 26.8 Å². The fourth-order valence-corrected chi connectivity index (χ4v) is 5.26. The molecule has 0 N–H and O–H groups in total. The Morgan fingerprint density at radius 2 is 1.87 bits per heavy atom. The Labute approximate surface area is 224 Å². The van der Waals surface area contributed by atoms with Gasteiger partial charge in [-0.3, -0.25) is 9.36 Å². The van der Waals surface area contributed by atoms with Crippen molar-refractivity contribution in [2.75, 3.05) is 26.9 Å². The lowest BCUT2D eigenvalue weighted by molar-refractivity contribution is -0.139. The van der Waals surface area contributed by atoms with Gasteiger partial charge in [0.25, 0.3) is 5.56 Å². The Morgan fingerprint density at radius 1 is 1.11 bits per heavy atom. The number of carbonyl (C=O) groups is 1. The van der Waals surface area contributed by atoms with E-state index < -0.39 is 12.0 Å². The number of hydrogen-bond acceptors (Lipinski definition) is 8. The Hall–Kier alpha value is -4.11. The van der Waals surface area contributed by atoms with E-state index in [2.05, 4.69) is 11.6 Å². The van der Waals surface area contributed by atoms with Gasteiger partial charge in [-0.1, -0.05) is 42.2 Å². The van der Waals surface area contributed by atoms with Crippen LogP contribution in [0.2, 0.25) is 0 Å². The maximum absolute atomic E-state index is 13.8. The fourth-order valence-electron chi connectivity index (χ4n) is 4.21. The number of hydrogen-bond donors (Lipinski definition) is 0. The van der Waals surface area contributed by atoms with E-state index in [0.717, 1.165) is 11.1 Å². The number of nitrogens with zero attached hydrogens (tertiary/aromatic N) is 2. The van der Waals surface area contributed by atoms with Gasteiger partial charge in [-0.2, -0.15) is 0 Å². The van der Waals surface area contributed by atoms with Crippen molar-refractivity contribution in [3.05, 3.63) is 97.2 Å². The lowest BCUT2D eigenvalue weighted by Gasteiger charge is -2.24. The fraction of sp³-hybridized carbons (Fsp3) is 0.276. The van der Waals surface area contributed by atoms with Crippen molar-refractivity contribution < 1.29 is 23.7 Å². The second-order valence-corrected chi connectivity index (χ2v) is 9.32. The van der Waals surface area contributed by atoms with Crippen molar-refractivity contribution in [3.8, 4) is 17.2 Å². The van der Waals surface area contributed by atoms with Crippen LogP contribution in [0.5, 0.6) is 17.2 Å². The number of ether oxygens (including phenoxy) is 4. The normalized spacial score (nSPS) is 14.9. The number of fused-ring (bicyclic) bond motifs is 1. The summed E-state index contributed by atoms with van der Waals surface area (Å²) >= 11 is 1.26. The molecule has 1 aliphatic heterocycles. The molecule has 9 heteroatoms. The number of rotatable bonds is 10. The van der Waals surface area contributed by atoms with E-state index in [9.17, 15) is 9.59 Å². The quantitative estimate of drug-likeness (QED) is 0.291. The van der Waals surface area contributed by atoms with E-state index in [-0.39, 0.29) is 12.2 Å². The van der Waals surface area contributed by atoms with Gasteiger partial charge >= 0.3 is 5.97 Å². The number of thiazole rings is 1. The van der Waals surface area contributed by atoms with E-state index in [1.807, 2.05) is 37.3 Å². The second kappa shape index (κ2) is 12.0.